The van der Waals surface area contributed by atoms with Crippen LogP contribution in [0.3, 0.4) is 0 Å². The predicted octanol–water partition coefficient (Wildman–Crippen LogP) is 2.41. The van der Waals surface area contributed by atoms with E-state index in [9.17, 15) is 0 Å². The standard InChI is InChI=1S/C15H30N2O/c1-13(2)16-12-14-6-3-9-17(14)10-4-7-15-8-5-11-18-15/h13-16H,3-12H2,1-2H3. The second-order valence-corrected chi connectivity index (χ2v) is 6.17. The molecule has 0 saturated carbocycles. The Hall–Kier alpha value is -0.120. The van der Waals surface area contributed by atoms with Crippen LogP contribution < -0.4 is 5.32 Å². The van der Waals surface area contributed by atoms with Crippen LogP contribution in [0.25, 0.3) is 0 Å². The second kappa shape index (κ2) is 7.46. The third kappa shape index (κ3) is 4.52. The highest BCUT2D eigenvalue weighted by atomic mass is 16.5. The fourth-order valence-corrected chi connectivity index (χ4v) is 3.19. The van der Waals surface area contributed by atoms with Crippen molar-refractivity contribution in [3.8, 4) is 0 Å². The number of ether oxygens (including phenoxy) is 1. The number of hydrogen-bond acceptors (Lipinski definition) is 3. The molecule has 0 aromatic rings. The lowest BCUT2D eigenvalue weighted by Gasteiger charge is -2.26. The van der Waals surface area contributed by atoms with Crippen molar-refractivity contribution in [2.75, 3.05) is 26.2 Å². The van der Waals surface area contributed by atoms with Crippen molar-refractivity contribution in [3.63, 3.8) is 0 Å². The van der Waals surface area contributed by atoms with Crippen LogP contribution in [0, 0.1) is 0 Å². The van der Waals surface area contributed by atoms with E-state index >= 15 is 0 Å². The first-order chi connectivity index (χ1) is 8.75. The molecule has 0 amide bonds. The largest absolute Gasteiger partial charge is 0.378 e. The van der Waals surface area contributed by atoms with Crippen LogP contribution in [0.1, 0.15) is 52.4 Å². The van der Waals surface area contributed by atoms with Crippen molar-refractivity contribution in [1.82, 2.24) is 10.2 Å². The van der Waals surface area contributed by atoms with Gasteiger partial charge in [0.1, 0.15) is 0 Å². The Morgan fingerprint density at radius 1 is 1.28 bits per heavy atom. The van der Waals surface area contributed by atoms with Crippen LogP contribution in [0.5, 0.6) is 0 Å². The van der Waals surface area contributed by atoms with Crippen LogP contribution in [0.2, 0.25) is 0 Å². The molecule has 0 bridgehead atoms. The van der Waals surface area contributed by atoms with Gasteiger partial charge in [0.15, 0.2) is 0 Å². The van der Waals surface area contributed by atoms with Gasteiger partial charge >= 0.3 is 0 Å². The summed E-state index contributed by atoms with van der Waals surface area (Å²) in [5.74, 6) is 0. The van der Waals surface area contributed by atoms with Crippen LogP contribution in [-0.4, -0.2) is 49.3 Å². The molecule has 2 fully saturated rings. The maximum Gasteiger partial charge on any atom is 0.0576 e. The molecule has 1 N–H and O–H groups in total. The van der Waals surface area contributed by atoms with E-state index < -0.39 is 0 Å². The molecule has 0 aliphatic carbocycles. The topological polar surface area (TPSA) is 24.5 Å². The van der Waals surface area contributed by atoms with Gasteiger partial charge in [0, 0.05) is 25.2 Å². The summed E-state index contributed by atoms with van der Waals surface area (Å²) in [7, 11) is 0. The molecule has 0 spiro atoms. The predicted molar refractivity (Wildman–Crippen MR) is 75.9 cm³/mol. The average Bonchev–Trinajstić information content (AvgIpc) is 2.97. The lowest BCUT2D eigenvalue weighted by molar-refractivity contribution is 0.0979. The van der Waals surface area contributed by atoms with E-state index in [1.165, 1.54) is 51.6 Å². The molecule has 3 nitrogen and oxygen atoms in total. The molecule has 0 radical (unpaired) electrons. The van der Waals surface area contributed by atoms with Gasteiger partial charge in [0.2, 0.25) is 0 Å². The first-order valence-corrected chi connectivity index (χ1v) is 7.84. The lowest BCUT2D eigenvalue weighted by Crippen LogP contribution is -2.40. The van der Waals surface area contributed by atoms with E-state index in [-0.39, 0.29) is 0 Å². The normalized spacial score (nSPS) is 29.5. The molecule has 2 aliphatic rings. The molecular formula is C15H30N2O. The third-order valence-electron chi connectivity index (χ3n) is 4.26. The number of likely N-dealkylation sites (tertiary alicyclic amines) is 1. The molecule has 3 heteroatoms. The highest BCUT2D eigenvalue weighted by Gasteiger charge is 2.24. The number of hydrogen-bond donors (Lipinski definition) is 1. The Labute approximate surface area is 112 Å². The van der Waals surface area contributed by atoms with Crippen molar-refractivity contribution in [1.29, 1.82) is 0 Å². The zero-order valence-electron chi connectivity index (χ0n) is 12.2. The fraction of sp³-hybridized carbons (Fsp3) is 1.00. The number of nitrogens with one attached hydrogen (secondary N) is 1. The van der Waals surface area contributed by atoms with Gasteiger partial charge in [-0.05, 0) is 51.6 Å². The van der Waals surface area contributed by atoms with Gasteiger partial charge in [0.25, 0.3) is 0 Å². The third-order valence-corrected chi connectivity index (χ3v) is 4.26. The highest BCUT2D eigenvalue weighted by Crippen LogP contribution is 2.20. The Bertz CT molecular complexity index is 227. The molecular weight excluding hydrogens is 224 g/mol. The maximum atomic E-state index is 5.69. The van der Waals surface area contributed by atoms with Gasteiger partial charge in [-0.1, -0.05) is 13.8 Å². The minimum atomic E-state index is 0.569. The monoisotopic (exact) mass is 254 g/mol. The molecule has 2 rings (SSSR count). The maximum absolute atomic E-state index is 5.69. The van der Waals surface area contributed by atoms with Gasteiger partial charge in [-0.2, -0.15) is 0 Å². The molecule has 0 aromatic heterocycles. The van der Waals surface area contributed by atoms with Crippen molar-refractivity contribution in [3.05, 3.63) is 0 Å². The summed E-state index contributed by atoms with van der Waals surface area (Å²) < 4.78 is 5.69. The van der Waals surface area contributed by atoms with Crippen molar-refractivity contribution in [2.24, 2.45) is 0 Å². The van der Waals surface area contributed by atoms with Gasteiger partial charge < -0.3 is 10.1 Å². The van der Waals surface area contributed by atoms with E-state index in [2.05, 4.69) is 24.1 Å². The van der Waals surface area contributed by atoms with Crippen LogP contribution in [-0.2, 0) is 4.74 Å². The molecule has 2 saturated heterocycles. The van der Waals surface area contributed by atoms with Crippen molar-refractivity contribution in [2.45, 2.75) is 70.6 Å². The highest BCUT2D eigenvalue weighted by molar-refractivity contribution is 4.81. The Morgan fingerprint density at radius 3 is 2.89 bits per heavy atom. The minimum absolute atomic E-state index is 0.569. The zero-order valence-corrected chi connectivity index (χ0v) is 12.2. The average molecular weight is 254 g/mol. The summed E-state index contributed by atoms with van der Waals surface area (Å²) >= 11 is 0. The van der Waals surface area contributed by atoms with Crippen molar-refractivity contribution < 1.29 is 4.74 Å². The van der Waals surface area contributed by atoms with Crippen molar-refractivity contribution >= 4 is 0 Å². The molecule has 2 aliphatic heterocycles. The van der Waals surface area contributed by atoms with Crippen LogP contribution >= 0.6 is 0 Å². The summed E-state index contributed by atoms with van der Waals surface area (Å²) in [4.78, 5) is 2.68. The first-order valence-electron chi connectivity index (χ1n) is 7.84. The summed E-state index contributed by atoms with van der Waals surface area (Å²) in [5, 5.41) is 3.58. The van der Waals surface area contributed by atoms with Gasteiger partial charge in [-0.25, -0.2) is 0 Å². The number of nitrogens with zero attached hydrogens (tertiary/aromatic N) is 1. The summed E-state index contributed by atoms with van der Waals surface area (Å²) in [6.45, 7) is 9.20. The quantitative estimate of drug-likeness (QED) is 0.755. The smallest absolute Gasteiger partial charge is 0.0576 e. The molecule has 18 heavy (non-hydrogen) atoms. The van der Waals surface area contributed by atoms with Gasteiger partial charge in [-0.15, -0.1) is 0 Å². The summed E-state index contributed by atoms with van der Waals surface area (Å²) in [6, 6.07) is 1.39. The molecule has 2 atom stereocenters. The molecule has 106 valence electrons. The Morgan fingerprint density at radius 2 is 2.17 bits per heavy atom. The zero-order chi connectivity index (χ0) is 12.8. The van der Waals surface area contributed by atoms with Crippen LogP contribution in [0.15, 0.2) is 0 Å². The fourth-order valence-electron chi connectivity index (χ4n) is 3.19. The van der Waals surface area contributed by atoms with Crippen LogP contribution in [0.4, 0.5) is 0 Å². The lowest BCUT2D eigenvalue weighted by atomic mass is 10.1. The Kier molecular flexibility index (Phi) is 5.93. The molecule has 2 heterocycles. The first kappa shape index (κ1) is 14.3. The summed E-state index contributed by atoms with van der Waals surface area (Å²) in [5.41, 5.74) is 0. The number of rotatable bonds is 7. The molecule has 0 aromatic carbocycles. The van der Waals surface area contributed by atoms with E-state index in [4.69, 9.17) is 4.74 Å². The summed E-state index contributed by atoms with van der Waals surface area (Å²) in [6.07, 6.45) is 8.46. The van der Waals surface area contributed by atoms with E-state index in [0.29, 0.717) is 12.1 Å². The van der Waals surface area contributed by atoms with Gasteiger partial charge in [-0.3, -0.25) is 4.90 Å². The van der Waals surface area contributed by atoms with Gasteiger partial charge in [0.05, 0.1) is 6.10 Å². The minimum Gasteiger partial charge on any atom is -0.378 e. The van der Waals surface area contributed by atoms with E-state index in [1.54, 1.807) is 0 Å². The Balaban J connectivity index is 1.61. The molecule has 2 unspecified atom stereocenters. The van der Waals surface area contributed by atoms with E-state index in [1.807, 2.05) is 0 Å². The SMILES string of the molecule is CC(C)NCC1CCCN1CCCC1CCCO1. The van der Waals surface area contributed by atoms with E-state index in [0.717, 1.165) is 19.2 Å². The second-order valence-electron chi connectivity index (χ2n) is 6.17.